The number of nitrogens with one attached hydrogen (secondary N) is 1. The van der Waals surface area contributed by atoms with Crippen LogP contribution in [0.4, 0.5) is 0 Å². The lowest BCUT2D eigenvalue weighted by Crippen LogP contribution is -2.61. The maximum atomic E-state index is 13.4. The predicted octanol–water partition coefficient (Wildman–Crippen LogP) is 14.2. The van der Waals surface area contributed by atoms with E-state index in [2.05, 4.69) is 74.7 Å². The van der Waals surface area contributed by atoms with Crippen LogP contribution in [0, 0.1) is 0 Å². The molecule has 11 nitrogen and oxygen atoms in total. The molecule has 1 rings (SSSR count). The second-order valence-corrected chi connectivity index (χ2v) is 21.1. The Morgan fingerprint density at radius 1 is 0.527 bits per heavy atom. The lowest BCUT2D eigenvalue weighted by atomic mass is 9.99. The standard InChI is InChI=1S/C63H113NO10/c1-4-7-10-13-16-19-22-24-26-27-28-29-30-31-32-35-38-41-44-47-50-56(67)62(71)64-54(55(66)49-46-43-40-37-34-21-18-15-12-9-6-3)53-72-63-61(60(70)59(69)57(52-65)73-63)74-58(68)51-48-45-42-39-36-33-25-23-20-17-14-11-8-5-2/h16,19,24,26,28-29,31-32,46,49,54-57,59-61,63,65-67,69-70H,4-15,17-18,20-23,25,27,30,33-45,47-48,50-53H2,1-3H3,(H,64,71)/b19-16-,26-24-,29-28-,32-31-,49-46+. The summed E-state index contributed by atoms with van der Waals surface area (Å²) in [5, 5.41) is 56.9. The largest absolute Gasteiger partial charge is 0.454 e. The summed E-state index contributed by atoms with van der Waals surface area (Å²) in [6.07, 6.45) is 52.6. The van der Waals surface area contributed by atoms with Crippen molar-refractivity contribution in [3.05, 3.63) is 60.8 Å². The van der Waals surface area contributed by atoms with Gasteiger partial charge in [-0.3, -0.25) is 9.59 Å². The Morgan fingerprint density at radius 2 is 0.932 bits per heavy atom. The summed E-state index contributed by atoms with van der Waals surface area (Å²) in [4.78, 5) is 26.5. The molecule has 74 heavy (non-hydrogen) atoms. The smallest absolute Gasteiger partial charge is 0.306 e. The maximum absolute atomic E-state index is 13.4. The van der Waals surface area contributed by atoms with Crippen LogP contribution in [0.15, 0.2) is 60.8 Å². The number of carbonyl (C=O) groups is 2. The van der Waals surface area contributed by atoms with Gasteiger partial charge in [0, 0.05) is 6.42 Å². The molecule has 8 atom stereocenters. The minimum Gasteiger partial charge on any atom is -0.454 e. The summed E-state index contributed by atoms with van der Waals surface area (Å²) in [6, 6.07) is -1.03. The van der Waals surface area contributed by atoms with Gasteiger partial charge in [0.15, 0.2) is 12.4 Å². The second kappa shape index (κ2) is 51.1. The van der Waals surface area contributed by atoms with Gasteiger partial charge in [0.1, 0.15) is 24.4 Å². The van der Waals surface area contributed by atoms with E-state index in [0.717, 1.165) is 83.5 Å². The van der Waals surface area contributed by atoms with Crippen LogP contribution in [0.5, 0.6) is 0 Å². The molecule has 11 heteroatoms. The van der Waals surface area contributed by atoms with E-state index in [-0.39, 0.29) is 19.4 Å². The average molecular weight is 1040 g/mol. The zero-order valence-corrected chi connectivity index (χ0v) is 47.5. The van der Waals surface area contributed by atoms with Crippen LogP contribution in [0.1, 0.15) is 265 Å². The monoisotopic (exact) mass is 1040 g/mol. The molecule has 1 fully saturated rings. The number of hydrogen-bond acceptors (Lipinski definition) is 10. The first kappa shape index (κ1) is 69.4. The number of esters is 1. The third-order valence-corrected chi connectivity index (χ3v) is 14.2. The molecule has 0 aromatic rings. The molecular weight excluding hydrogens is 931 g/mol. The summed E-state index contributed by atoms with van der Waals surface area (Å²) in [5.74, 6) is -1.21. The van der Waals surface area contributed by atoms with E-state index in [1.807, 2.05) is 6.08 Å². The Balaban J connectivity index is 2.69. The zero-order chi connectivity index (χ0) is 54.0. The first-order valence-electron chi connectivity index (χ1n) is 30.6. The number of aliphatic hydroxyl groups is 5. The van der Waals surface area contributed by atoms with E-state index in [4.69, 9.17) is 14.2 Å². The summed E-state index contributed by atoms with van der Waals surface area (Å²) in [7, 11) is 0. The number of hydrogen-bond donors (Lipinski definition) is 6. The molecule has 1 aliphatic rings. The molecule has 0 radical (unpaired) electrons. The van der Waals surface area contributed by atoms with Crippen LogP contribution in [0.2, 0.25) is 0 Å². The van der Waals surface area contributed by atoms with Crippen LogP contribution in [0.25, 0.3) is 0 Å². The van der Waals surface area contributed by atoms with Crippen molar-refractivity contribution >= 4 is 11.9 Å². The number of aliphatic hydroxyl groups excluding tert-OH is 5. The normalized spacial score (nSPS) is 19.7. The number of allylic oxidation sites excluding steroid dienone is 9. The molecule has 0 bridgehead atoms. The van der Waals surface area contributed by atoms with Crippen molar-refractivity contribution in [3.63, 3.8) is 0 Å². The lowest BCUT2D eigenvalue weighted by Gasteiger charge is -2.41. The molecule has 1 heterocycles. The van der Waals surface area contributed by atoms with Gasteiger partial charge >= 0.3 is 5.97 Å². The Bertz CT molecular complexity index is 1430. The minimum atomic E-state index is -1.62. The predicted molar refractivity (Wildman–Crippen MR) is 306 cm³/mol. The van der Waals surface area contributed by atoms with Gasteiger partial charge in [-0.25, -0.2) is 0 Å². The maximum Gasteiger partial charge on any atom is 0.306 e. The summed E-state index contributed by atoms with van der Waals surface area (Å²) < 4.78 is 17.6. The Morgan fingerprint density at radius 3 is 1.42 bits per heavy atom. The van der Waals surface area contributed by atoms with Crippen molar-refractivity contribution < 1.29 is 49.3 Å². The van der Waals surface area contributed by atoms with Crippen molar-refractivity contribution in [3.8, 4) is 0 Å². The van der Waals surface area contributed by atoms with E-state index in [1.165, 1.54) is 135 Å². The molecule has 0 saturated carbocycles. The summed E-state index contributed by atoms with van der Waals surface area (Å²) in [6.45, 7) is 5.74. The second-order valence-electron chi connectivity index (χ2n) is 21.1. The molecule has 1 amide bonds. The first-order chi connectivity index (χ1) is 36.2. The molecule has 0 aliphatic carbocycles. The van der Waals surface area contributed by atoms with Gasteiger partial charge in [0.2, 0.25) is 5.91 Å². The first-order valence-corrected chi connectivity index (χ1v) is 30.6. The van der Waals surface area contributed by atoms with Crippen molar-refractivity contribution in [2.24, 2.45) is 0 Å². The number of ether oxygens (including phenoxy) is 3. The van der Waals surface area contributed by atoms with Crippen molar-refractivity contribution in [1.82, 2.24) is 5.32 Å². The van der Waals surface area contributed by atoms with Crippen molar-refractivity contribution in [2.75, 3.05) is 13.2 Å². The SMILES string of the molecule is CCCCC/C=C\C/C=C\C/C=C\C/C=C\CCCCCCC(O)C(=O)NC(COC1OC(CO)C(O)C(O)C1OC(=O)CCCCCCCCCCCCCCCC)C(O)/C=C/CCCCCCCCCCC. The molecule has 1 aliphatic heterocycles. The Kier molecular flexibility index (Phi) is 47.9. The highest BCUT2D eigenvalue weighted by Crippen LogP contribution is 2.26. The van der Waals surface area contributed by atoms with Gasteiger partial charge in [-0.2, -0.15) is 0 Å². The molecule has 0 aromatic heterocycles. The highest BCUT2D eigenvalue weighted by Gasteiger charge is 2.47. The molecule has 1 saturated heterocycles. The van der Waals surface area contributed by atoms with Crippen LogP contribution in [-0.4, -0.2) is 99.6 Å². The lowest BCUT2D eigenvalue weighted by molar-refractivity contribution is -0.305. The van der Waals surface area contributed by atoms with Crippen molar-refractivity contribution in [2.45, 2.75) is 314 Å². The van der Waals surface area contributed by atoms with E-state index in [0.29, 0.717) is 12.8 Å². The van der Waals surface area contributed by atoms with Gasteiger partial charge in [-0.1, -0.05) is 248 Å². The molecule has 430 valence electrons. The fourth-order valence-corrected chi connectivity index (χ4v) is 9.28. The van der Waals surface area contributed by atoms with Gasteiger partial charge < -0.3 is 45.1 Å². The Hall–Kier alpha value is -2.64. The van der Waals surface area contributed by atoms with Gasteiger partial charge in [0.25, 0.3) is 0 Å². The van der Waals surface area contributed by atoms with E-state index < -0.39 is 67.4 Å². The molecular formula is C63H113NO10. The third kappa shape index (κ3) is 38.8. The molecule has 6 N–H and O–H groups in total. The molecule has 0 aromatic carbocycles. The quantitative estimate of drug-likeness (QED) is 0.0195. The minimum absolute atomic E-state index is 0.123. The molecule has 8 unspecified atom stereocenters. The summed E-state index contributed by atoms with van der Waals surface area (Å²) in [5.41, 5.74) is 0. The zero-order valence-electron chi connectivity index (χ0n) is 47.5. The molecule has 0 spiro atoms. The van der Waals surface area contributed by atoms with Crippen LogP contribution in [-0.2, 0) is 23.8 Å². The Labute approximate surface area is 452 Å². The van der Waals surface area contributed by atoms with E-state index in [1.54, 1.807) is 6.08 Å². The van der Waals surface area contributed by atoms with Crippen LogP contribution < -0.4 is 5.32 Å². The number of carbonyl (C=O) groups excluding carboxylic acids is 2. The fraction of sp³-hybridized carbons (Fsp3) is 0.810. The van der Waals surface area contributed by atoms with E-state index in [9.17, 15) is 35.1 Å². The van der Waals surface area contributed by atoms with Gasteiger partial charge in [-0.05, 0) is 70.6 Å². The van der Waals surface area contributed by atoms with Crippen LogP contribution >= 0.6 is 0 Å². The van der Waals surface area contributed by atoms with Crippen molar-refractivity contribution in [1.29, 1.82) is 0 Å². The summed E-state index contributed by atoms with van der Waals surface area (Å²) >= 11 is 0. The van der Waals surface area contributed by atoms with E-state index >= 15 is 0 Å². The van der Waals surface area contributed by atoms with Gasteiger partial charge in [-0.15, -0.1) is 0 Å². The van der Waals surface area contributed by atoms with Crippen LogP contribution in [0.3, 0.4) is 0 Å². The number of amides is 1. The highest BCUT2D eigenvalue weighted by molar-refractivity contribution is 5.80. The number of unbranched alkanes of at least 4 members (excludes halogenated alkanes) is 29. The highest BCUT2D eigenvalue weighted by atomic mass is 16.7. The number of rotatable bonds is 51. The third-order valence-electron chi connectivity index (χ3n) is 14.2. The van der Waals surface area contributed by atoms with Gasteiger partial charge in [0.05, 0.1) is 25.4 Å². The average Bonchev–Trinajstić information content (AvgIpc) is 3.40. The fourth-order valence-electron chi connectivity index (χ4n) is 9.28. The topological polar surface area (TPSA) is 175 Å².